The largest absolute Gasteiger partial charge is 0.507 e. The number of hydrogen-bond donors (Lipinski definition) is 3. The number of phenols is 1. The van der Waals surface area contributed by atoms with Crippen molar-refractivity contribution in [3.05, 3.63) is 57.0 Å². The molecule has 0 saturated heterocycles. The quantitative estimate of drug-likeness (QED) is 0.451. The molecule has 2 aromatic carbocycles. The zero-order chi connectivity index (χ0) is 17.5. The zero-order valence-corrected chi connectivity index (χ0v) is 16.1. The highest BCUT2D eigenvalue weighted by Crippen LogP contribution is 2.20. The molecule has 126 valence electrons. The van der Waals surface area contributed by atoms with Gasteiger partial charge in [0, 0.05) is 20.2 Å². The lowest BCUT2D eigenvalue weighted by Crippen LogP contribution is -2.36. The fraction of sp³-hybridized carbons (Fsp3) is 0.176. The van der Waals surface area contributed by atoms with Crippen LogP contribution in [0.3, 0.4) is 0 Å². The lowest BCUT2D eigenvalue weighted by atomic mass is 10.2. The smallest absolute Gasteiger partial charge is 0.262 e. The van der Waals surface area contributed by atoms with Gasteiger partial charge in [0.05, 0.1) is 6.21 Å². The molecule has 2 rings (SSSR count). The van der Waals surface area contributed by atoms with Crippen molar-refractivity contribution in [3.63, 3.8) is 0 Å². The Labute approximate surface area is 157 Å². The second-order valence-corrected chi connectivity index (χ2v) is 6.88. The van der Waals surface area contributed by atoms with Crippen LogP contribution in [0.2, 0.25) is 0 Å². The van der Waals surface area contributed by atoms with E-state index in [2.05, 4.69) is 47.7 Å². The Bertz CT molecular complexity index is 733. The lowest BCUT2D eigenvalue weighted by molar-refractivity contribution is -0.121. The average molecular weight is 455 g/mol. The predicted molar refractivity (Wildman–Crippen MR) is 103 cm³/mol. The predicted octanol–water partition coefficient (Wildman–Crippen LogP) is 4.26. The number of hydrogen-bond acceptors (Lipinski definition) is 4. The minimum atomic E-state index is -0.403. The van der Waals surface area contributed by atoms with Gasteiger partial charge in [-0.1, -0.05) is 38.8 Å². The number of carbonyl (C=O) groups is 1. The van der Waals surface area contributed by atoms with Gasteiger partial charge in [0.15, 0.2) is 0 Å². The highest BCUT2D eigenvalue weighted by molar-refractivity contribution is 9.10. The van der Waals surface area contributed by atoms with Crippen molar-refractivity contribution in [2.45, 2.75) is 19.4 Å². The van der Waals surface area contributed by atoms with Crippen LogP contribution in [0.15, 0.2) is 56.5 Å². The number of nitrogens with one attached hydrogen (secondary N) is 2. The van der Waals surface area contributed by atoms with E-state index < -0.39 is 6.04 Å². The van der Waals surface area contributed by atoms with Crippen LogP contribution >= 0.6 is 31.9 Å². The molecule has 0 spiro atoms. The molecular weight excluding hydrogens is 438 g/mol. The highest BCUT2D eigenvalue weighted by Gasteiger charge is 2.15. The van der Waals surface area contributed by atoms with Crippen molar-refractivity contribution in [1.29, 1.82) is 0 Å². The van der Waals surface area contributed by atoms with Gasteiger partial charge < -0.3 is 10.4 Å². The number of hydrazone groups is 1. The third-order valence-electron chi connectivity index (χ3n) is 3.28. The van der Waals surface area contributed by atoms with Crippen molar-refractivity contribution >= 4 is 49.7 Å². The Hall–Kier alpha value is -1.86. The number of rotatable bonds is 6. The maximum absolute atomic E-state index is 12.2. The van der Waals surface area contributed by atoms with Crippen LogP contribution in [0.25, 0.3) is 0 Å². The third kappa shape index (κ3) is 5.35. The molecule has 0 unspecified atom stereocenters. The van der Waals surface area contributed by atoms with Gasteiger partial charge in [-0.15, -0.1) is 0 Å². The van der Waals surface area contributed by atoms with E-state index in [0.717, 1.165) is 14.6 Å². The van der Waals surface area contributed by atoms with Gasteiger partial charge in [-0.05, 0) is 48.9 Å². The molecule has 0 saturated carbocycles. The summed E-state index contributed by atoms with van der Waals surface area (Å²) in [6, 6.07) is 12.2. The summed E-state index contributed by atoms with van der Waals surface area (Å²) in [5, 5.41) is 16.8. The molecule has 0 aromatic heterocycles. The van der Waals surface area contributed by atoms with Gasteiger partial charge in [0.25, 0.3) is 5.91 Å². The van der Waals surface area contributed by atoms with Crippen molar-refractivity contribution in [3.8, 4) is 5.75 Å². The van der Waals surface area contributed by atoms with Crippen LogP contribution in [0, 0.1) is 0 Å². The summed E-state index contributed by atoms with van der Waals surface area (Å²) >= 11 is 6.70. The Morgan fingerprint density at radius 1 is 1.21 bits per heavy atom. The van der Waals surface area contributed by atoms with Crippen LogP contribution in [0.4, 0.5) is 5.69 Å². The second-order valence-electron chi connectivity index (χ2n) is 5.05. The molecule has 5 nitrogen and oxygen atoms in total. The van der Waals surface area contributed by atoms with E-state index in [1.54, 1.807) is 18.2 Å². The standard InChI is InChI=1S/C17H17Br2N3O2/c1-2-15(21-14-6-3-12(18)4-7-14)17(24)22-20-10-11-9-13(19)5-8-16(11)23/h3-10,15,21,23H,2H2,1H3,(H,22,24)/b20-10-/t15-/m1/s1. The van der Waals surface area contributed by atoms with E-state index in [-0.39, 0.29) is 11.7 Å². The Balaban J connectivity index is 1.97. The molecule has 7 heteroatoms. The molecular formula is C17H17Br2N3O2. The van der Waals surface area contributed by atoms with Crippen molar-refractivity contribution in [1.82, 2.24) is 5.43 Å². The summed E-state index contributed by atoms with van der Waals surface area (Å²) in [6.07, 6.45) is 2.02. The van der Waals surface area contributed by atoms with E-state index in [9.17, 15) is 9.90 Å². The molecule has 1 atom stereocenters. The number of halogens is 2. The summed E-state index contributed by atoms with van der Waals surface area (Å²) in [4.78, 5) is 12.2. The molecule has 0 radical (unpaired) electrons. The second kappa shape index (κ2) is 8.84. The SMILES string of the molecule is CC[C@@H](Nc1ccc(Br)cc1)C(=O)N/N=C\c1cc(Br)ccc1O. The van der Waals surface area contributed by atoms with Crippen LogP contribution in [-0.4, -0.2) is 23.3 Å². The highest BCUT2D eigenvalue weighted by atomic mass is 79.9. The number of benzene rings is 2. The van der Waals surface area contributed by atoms with Gasteiger partial charge in [0.1, 0.15) is 11.8 Å². The first-order valence-corrected chi connectivity index (χ1v) is 8.91. The molecule has 0 bridgehead atoms. The third-order valence-corrected chi connectivity index (χ3v) is 4.30. The van der Waals surface area contributed by atoms with Crippen LogP contribution in [0.5, 0.6) is 5.75 Å². The maximum Gasteiger partial charge on any atom is 0.262 e. The first-order valence-electron chi connectivity index (χ1n) is 7.33. The van der Waals surface area contributed by atoms with Crippen molar-refractivity contribution < 1.29 is 9.90 Å². The molecule has 24 heavy (non-hydrogen) atoms. The number of phenolic OH excluding ortho intramolecular Hbond substituents is 1. The molecule has 3 N–H and O–H groups in total. The molecule has 1 amide bonds. The summed E-state index contributed by atoms with van der Waals surface area (Å²) in [7, 11) is 0. The summed E-state index contributed by atoms with van der Waals surface area (Å²) in [5.74, 6) is -0.151. The number of anilines is 1. The molecule has 0 aliphatic heterocycles. The van der Waals surface area contributed by atoms with Gasteiger partial charge in [-0.25, -0.2) is 5.43 Å². The van der Waals surface area contributed by atoms with E-state index in [1.165, 1.54) is 6.21 Å². The van der Waals surface area contributed by atoms with Crippen LogP contribution < -0.4 is 10.7 Å². The fourth-order valence-electron chi connectivity index (χ4n) is 1.97. The van der Waals surface area contributed by atoms with E-state index >= 15 is 0 Å². The summed E-state index contributed by atoms with van der Waals surface area (Å²) < 4.78 is 1.79. The molecule has 0 heterocycles. The number of nitrogens with zero attached hydrogens (tertiary/aromatic N) is 1. The van der Waals surface area contributed by atoms with Crippen molar-refractivity contribution in [2.24, 2.45) is 5.10 Å². The Morgan fingerprint density at radius 3 is 2.54 bits per heavy atom. The van der Waals surface area contributed by atoms with Gasteiger partial charge >= 0.3 is 0 Å². The van der Waals surface area contributed by atoms with E-state index in [4.69, 9.17) is 0 Å². The minimum absolute atomic E-state index is 0.0937. The zero-order valence-electron chi connectivity index (χ0n) is 13.0. The Kier molecular flexibility index (Phi) is 6.81. The molecule has 0 aliphatic carbocycles. The van der Waals surface area contributed by atoms with Gasteiger partial charge in [-0.2, -0.15) is 5.10 Å². The fourth-order valence-corrected chi connectivity index (χ4v) is 2.62. The topological polar surface area (TPSA) is 73.7 Å². The first kappa shape index (κ1) is 18.5. The van der Waals surface area contributed by atoms with Gasteiger partial charge in [-0.3, -0.25) is 4.79 Å². The summed E-state index contributed by atoms with van der Waals surface area (Å²) in [5.41, 5.74) is 3.86. The number of amides is 1. The van der Waals surface area contributed by atoms with E-state index in [1.807, 2.05) is 31.2 Å². The normalized spacial score (nSPS) is 12.1. The summed E-state index contributed by atoms with van der Waals surface area (Å²) in [6.45, 7) is 1.92. The van der Waals surface area contributed by atoms with Crippen LogP contribution in [0.1, 0.15) is 18.9 Å². The minimum Gasteiger partial charge on any atom is -0.507 e. The van der Waals surface area contributed by atoms with E-state index in [0.29, 0.717) is 12.0 Å². The average Bonchev–Trinajstić information content (AvgIpc) is 2.57. The Morgan fingerprint density at radius 2 is 1.88 bits per heavy atom. The number of carbonyl (C=O) groups excluding carboxylic acids is 1. The lowest BCUT2D eigenvalue weighted by Gasteiger charge is -2.16. The molecule has 0 aliphatic rings. The number of aromatic hydroxyl groups is 1. The molecule has 0 fully saturated rings. The molecule has 2 aromatic rings. The van der Waals surface area contributed by atoms with Gasteiger partial charge in [0.2, 0.25) is 0 Å². The van der Waals surface area contributed by atoms with Crippen LogP contribution in [-0.2, 0) is 4.79 Å². The first-order chi connectivity index (χ1) is 11.5. The maximum atomic E-state index is 12.2. The van der Waals surface area contributed by atoms with Crippen molar-refractivity contribution in [2.75, 3.05) is 5.32 Å². The monoisotopic (exact) mass is 453 g/mol.